The van der Waals surface area contributed by atoms with Gasteiger partial charge in [-0.1, -0.05) is 24.3 Å². The molecule has 5 aromatic rings. The highest BCUT2D eigenvalue weighted by molar-refractivity contribution is 6.08. The number of carboxylic acid groups (broad SMARTS) is 1. The zero-order valence-electron chi connectivity index (χ0n) is 21.8. The maximum absolute atomic E-state index is 14.3. The molecule has 3 aromatic carbocycles. The van der Waals surface area contributed by atoms with E-state index in [9.17, 15) is 19.1 Å². The number of rotatable bonds is 9. The molecule has 0 aliphatic rings. The molecule has 41 heavy (non-hydrogen) atoms. The fourth-order valence-corrected chi connectivity index (χ4v) is 4.24. The number of amides is 1. The Morgan fingerprint density at radius 2 is 1.68 bits per heavy atom. The van der Waals surface area contributed by atoms with Crippen LogP contribution in [0.4, 0.5) is 27.1 Å². The number of halogens is 1. The van der Waals surface area contributed by atoms with Gasteiger partial charge in [-0.3, -0.25) is 9.78 Å². The second-order valence-electron chi connectivity index (χ2n) is 8.76. The standard InChI is InChI=1S/C29H23FN6O5/c1-40-27-20(13-33-29(36-27)41-2)15-7-8-19-24(11-15)32-14-21(26(31)37)25(19)35-18-10-16(28(38)39)9-17(12-18)34-23-6-4-3-5-22(23)30/h3-14,34H,1-2H3,(H2,31,37)(H,32,35)(H,38,39). The van der Waals surface area contributed by atoms with E-state index in [2.05, 4.69) is 25.6 Å². The van der Waals surface area contributed by atoms with Crippen molar-refractivity contribution in [2.45, 2.75) is 0 Å². The van der Waals surface area contributed by atoms with Crippen LogP contribution in [0.25, 0.3) is 22.0 Å². The fraction of sp³-hybridized carbons (Fsp3) is 0.0690. The van der Waals surface area contributed by atoms with Crippen LogP contribution in [0, 0.1) is 5.82 Å². The van der Waals surface area contributed by atoms with Crippen molar-refractivity contribution in [2.75, 3.05) is 24.9 Å². The van der Waals surface area contributed by atoms with Crippen LogP contribution in [-0.2, 0) is 0 Å². The van der Waals surface area contributed by atoms with E-state index in [0.717, 1.165) is 0 Å². The van der Waals surface area contributed by atoms with Gasteiger partial charge in [0.2, 0.25) is 5.88 Å². The van der Waals surface area contributed by atoms with E-state index in [0.29, 0.717) is 45.0 Å². The van der Waals surface area contributed by atoms with Crippen molar-refractivity contribution < 1.29 is 28.6 Å². The van der Waals surface area contributed by atoms with Crippen LogP contribution in [-0.4, -0.2) is 46.2 Å². The normalized spacial score (nSPS) is 10.7. The van der Waals surface area contributed by atoms with Crippen LogP contribution >= 0.6 is 0 Å². The van der Waals surface area contributed by atoms with Crippen molar-refractivity contribution in [3.05, 3.63) is 90.0 Å². The lowest BCUT2D eigenvalue weighted by Gasteiger charge is -2.16. The highest BCUT2D eigenvalue weighted by atomic mass is 19.1. The largest absolute Gasteiger partial charge is 0.480 e. The SMILES string of the molecule is COc1ncc(-c2ccc3c(Nc4cc(Nc5ccccc5F)cc(C(=O)O)c4)c(C(N)=O)cnc3c2)c(OC)n1. The predicted octanol–water partition coefficient (Wildman–Crippen LogP) is 5.13. The van der Waals surface area contributed by atoms with Gasteiger partial charge < -0.3 is 30.9 Å². The summed E-state index contributed by atoms with van der Waals surface area (Å²) in [6.07, 6.45) is 2.89. The van der Waals surface area contributed by atoms with Crippen molar-refractivity contribution in [1.29, 1.82) is 0 Å². The van der Waals surface area contributed by atoms with Gasteiger partial charge in [0.1, 0.15) is 5.82 Å². The van der Waals surface area contributed by atoms with Crippen LogP contribution in [0.1, 0.15) is 20.7 Å². The number of nitrogens with zero attached hydrogens (tertiary/aromatic N) is 3. The van der Waals surface area contributed by atoms with Gasteiger partial charge in [0.25, 0.3) is 5.91 Å². The Labute approximate surface area is 232 Å². The predicted molar refractivity (Wildman–Crippen MR) is 151 cm³/mol. The second-order valence-corrected chi connectivity index (χ2v) is 8.76. The molecule has 2 aromatic heterocycles. The van der Waals surface area contributed by atoms with Crippen LogP contribution in [0.15, 0.2) is 73.1 Å². The maximum Gasteiger partial charge on any atom is 0.335 e. The Hall–Kier alpha value is -5.78. The van der Waals surface area contributed by atoms with E-state index in [1.807, 2.05) is 0 Å². The molecule has 0 saturated carbocycles. The molecule has 0 saturated heterocycles. The lowest BCUT2D eigenvalue weighted by molar-refractivity contribution is 0.0696. The van der Waals surface area contributed by atoms with Crippen molar-refractivity contribution in [2.24, 2.45) is 5.73 Å². The summed E-state index contributed by atoms with van der Waals surface area (Å²) in [6, 6.07) is 15.8. The minimum atomic E-state index is -1.19. The molecule has 2 heterocycles. The lowest BCUT2D eigenvalue weighted by atomic mass is 10.0. The molecule has 0 bridgehead atoms. The molecule has 12 heteroatoms. The quantitative estimate of drug-likeness (QED) is 0.192. The first kappa shape index (κ1) is 26.8. The number of carboxylic acids is 1. The van der Waals surface area contributed by atoms with E-state index < -0.39 is 17.7 Å². The highest BCUT2D eigenvalue weighted by Gasteiger charge is 2.18. The fourth-order valence-electron chi connectivity index (χ4n) is 4.24. The number of ether oxygens (including phenoxy) is 2. The summed E-state index contributed by atoms with van der Waals surface area (Å²) < 4.78 is 24.7. The summed E-state index contributed by atoms with van der Waals surface area (Å²) in [5.74, 6) is -2.15. The summed E-state index contributed by atoms with van der Waals surface area (Å²) in [7, 11) is 2.93. The first-order chi connectivity index (χ1) is 19.8. The Balaban J connectivity index is 1.60. The monoisotopic (exact) mass is 554 g/mol. The summed E-state index contributed by atoms with van der Waals surface area (Å²) in [5, 5.41) is 16.3. The highest BCUT2D eigenvalue weighted by Crippen LogP contribution is 2.35. The average Bonchev–Trinajstić information content (AvgIpc) is 2.97. The van der Waals surface area contributed by atoms with E-state index >= 15 is 0 Å². The van der Waals surface area contributed by atoms with Gasteiger partial charge in [0.05, 0.1) is 47.8 Å². The number of carbonyl (C=O) groups is 2. The smallest absolute Gasteiger partial charge is 0.335 e. The Morgan fingerprint density at radius 3 is 2.37 bits per heavy atom. The zero-order chi connectivity index (χ0) is 29.1. The minimum absolute atomic E-state index is 0.0679. The van der Waals surface area contributed by atoms with E-state index in [1.54, 1.807) is 42.6 Å². The third-order valence-corrected chi connectivity index (χ3v) is 6.16. The minimum Gasteiger partial charge on any atom is -0.480 e. The summed E-state index contributed by atoms with van der Waals surface area (Å²) in [5.41, 5.74) is 8.54. The number of anilines is 4. The third-order valence-electron chi connectivity index (χ3n) is 6.16. The number of methoxy groups -OCH3 is 2. The first-order valence-electron chi connectivity index (χ1n) is 12.1. The third kappa shape index (κ3) is 5.52. The number of carbonyl (C=O) groups excluding carboxylic acids is 1. The van der Waals surface area contributed by atoms with Crippen LogP contribution in [0.2, 0.25) is 0 Å². The van der Waals surface area contributed by atoms with Gasteiger partial charge in [-0.05, 0) is 42.0 Å². The molecule has 5 N–H and O–H groups in total. The Bertz CT molecular complexity index is 1810. The molecule has 0 aliphatic carbocycles. The zero-order valence-corrected chi connectivity index (χ0v) is 21.8. The molecule has 0 atom stereocenters. The second kappa shape index (κ2) is 11.1. The van der Waals surface area contributed by atoms with Crippen LogP contribution in [0.5, 0.6) is 11.9 Å². The van der Waals surface area contributed by atoms with Gasteiger partial charge in [-0.25, -0.2) is 14.2 Å². The molecule has 5 rings (SSSR count). The van der Waals surface area contributed by atoms with Crippen molar-refractivity contribution in [3.63, 3.8) is 0 Å². The van der Waals surface area contributed by atoms with Crippen molar-refractivity contribution in [3.8, 4) is 23.0 Å². The Kier molecular flexibility index (Phi) is 7.29. The topological polar surface area (TPSA) is 162 Å². The number of aromatic carboxylic acids is 1. The number of nitrogens with two attached hydrogens (primary N) is 1. The number of benzene rings is 3. The Morgan fingerprint density at radius 1 is 0.927 bits per heavy atom. The van der Waals surface area contributed by atoms with Crippen molar-refractivity contribution in [1.82, 2.24) is 15.0 Å². The number of para-hydroxylation sites is 1. The first-order valence-corrected chi connectivity index (χ1v) is 12.1. The number of nitrogens with one attached hydrogen (secondary N) is 2. The molecule has 11 nitrogen and oxygen atoms in total. The van der Waals surface area contributed by atoms with Crippen molar-refractivity contribution >= 4 is 45.5 Å². The number of primary amides is 1. The number of aromatic nitrogens is 3. The summed E-state index contributed by atoms with van der Waals surface area (Å²) in [4.78, 5) is 37.0. The van der Waals surface area contributed by atoms with Gasteiger partial charge >= 0.3 is 12.0 Å². The number of hydrogen-bond acceptors (Lipinski definition) is 9. The molecule has 0 spiro atoms. The number of pyridine rings is 1. The van der Waals surface area contributed by atoms with E-state index in [4.69, 9.17) is 15.2 Å². The number of hydrogen-bond donors (Lipinski definition) is 4. The molecular formula is C29H23FN6O5. The van der Waals surface area contributed by atoms with Gasteiger partial charge in [0.15, 0.2) is 0 Å². The molecule has 0 radical (unpaired) electrons. The van der Waals surface area contributed by atoms with Crippen LogP contribution < -0.4 is 25.8 Å². The maximum atomic E-state index is 14.3. The average molecular weight is 555 g/mol. The van der Waals surface area contributed by atoms with Gasteiger partial charge in [-0.15, -0.1) is 0 Å². The van der Waals surface area contributed by atoms with Gasteiger partial charge in [0, 0.05) is 29.2 Å². The molecule has 0 fully saturated rings. The van der Waals surface area contributed by atoms with Crippen LogP contribution in [0.3, 0.4) is 0 Å². The summed E-state index contributed by atoms with van der Waals surface area (Å²) >= 11 is 0. The molecule has 0 unspecified atom stereocenters. The van der Waals surface area contributed by atoms with E-state index in [1.165, 1.54) is 44.7 Å². The lowest BCUT2D eigenvalue weighted by Crippen LogP contribution is -2.14. The summed E-state index contributed by atoms with van der Waals surface area (Å²) in [6.45, 7) is 0. The number of fused-ring (bicyclic) bond motifs is 1. The molecule has 1 amide bonds. The molecule has 0 aliphatic heterocycles. The van der Waals surface area contributed by atoms with Gasteiger partial charge in [-0.2, -0.15) is 4.98 Å². The van der Waals surface area contributed by atoms with E-state index in [-0.39, 0.29) is 22.8 Å². The molecular weight excluding hydrogens is 531 g/mol. The molecule has 206 valence electrons.